The molecule has 0 bridgehead atoms. The van der Waals surface area contributed by atoms with Crippen molar-refractivity contribution in [3.05, 3.63) is 0 Å². The fourth-order valence-corrected chi connectivity index (χ4v) is 2.45. The van der Waals surface area contributed by atoms with E-state index >= 15 is 0 Å². The number of halogens is 1. The number of hydrogen-bond acceptors (Lipinski definition) is 3. The van der Waals surface area contributed by atoms with Crippen LogP contribution < -0.4 is 5.32 Å². The van der Waals surface area contributed by atoms with Crippen LogP contribution in [0.4, 0.5) is 0 Å². The van der Waals surface area contributed by atoms with E-state index in [1.807, 2.05) is 4.90 Å². The van der Waals surface area contributed by atoms with Crippen LogP contribution in [-0.4, -0.2) is 49.2 Å². The van der Waals surface area contributed by atoms with Crippen LogP contribution in [0.1, 0.15) is 32.6 Å². The molecule has 2 heterocycles. The molecule has 2 aliphatic heterocycles. The third-order valence-corrected chi connectivity index (χ3v) is 3.51. The second-order valence-corrected chi connectivity index (χ2v) is 4.69. The first kappa shape index (κ1) is 14.7. The lowest BCUT2D eigenvalue weighted by atomic mass is 10.0. The Balaban J connectivity index is 0.00000144. The number of ether oxygens (including phenoxy) is 1. The van der Waals surface area contributed by atoms with Gasteiger partial charge in [0.25, 0.3) is 0 Å². The van der Waals surface area contributed by atoms with Crippen molar-refractivity contribution in [3.8, 4) is 0 Å². The zero-order valence-corrected chi connectivity index (χ0v) is 11.3. The van der Waals surface area contributed by atoms with E-state index < -0.39 is 0 Å². The van der Waals surface area contributed by atoms with Crippen LogP contribution in [0.3, 0.4) is 0 Å². The number of carbonyl (C=O) groups is 1. The van der Waals surface area contributed by atoms with Crippen LogP contribution in [0.2, 0.25) is 0 Å². The molecule has 2 atom stereocenters. The summed E-state index contributed by atoms with van der Waals surface area (Å²) in [6.07, 6.45) is 4.59. The average Bonchev–Trinajstić information content (AvgIpc) is 2.39. The molecule has 2 fully saturated rings. The molecule has 0 aliphatic carbocycles. The standard InChI is InChI=1S/C12H22N2O2.ClH/c1-2-10-9-14(7-8-16-10)12(15)11-5-3-4-6-13-11;/h10-11,13H,2-9H2,1H3;1H. The minimum absolute atomic E-state index is 0. The van der Waals surface area contributed by atoms with Gasteiger partial charge in [0.15, 0.2) is 0 Å². The van der Waals surface area contributed by atoms with Gasteiger partial charge in [0.2, 0.25) is 5.91 Å². The molecule has 0 spiro atoms. The van der Waals surface area contributed by atoms with Crippen LogP contribution >= 0.6 is 12.4 Å². The molecule has 17 heavy (non-hydrogen) atoms. The molecule has 100 valence electrons. The van der Waals surface area contributed by atoms with Crippen molar-refractivity contribution in [3.63, 3.8) is 0 Å². The summed E-state index contributed by atoms with van der Waals surface area (Å²) >= 11 is 0. The highest BCUT2D eigenvalue weighted by atomic mass is 35.5. The van der Waals surface area contributed by atoms with Gasteiger partial charge >= 0.3 is 0 Å². The Kier molecular flexibility index (Phi) is 6.23. The molecule has 5 heteroatoms. The molecule has 0 radical (unpaired) electrons. The van der Waals surface area contributed by atoms with Gasteiger partial charge in [0.05, 0.1) is 18.8 Å². The third kappa shape index (κ3) is 3.83. The third-order valence-electron chi connectivity index (χ3n) is 3.51. The van der Waals surface area contributed by atoms with E-state index in [4.69, 9.17) is 4.74 Å². The van der Waals surface area contributed by atoms with Crippen molar-refractivity contribution in [2.45, 2.75) is 44.8 Å². The van der Waals surface area contributed by atoms with Gasteiger partial charge in [-0.3, -0.25) is 4.79 Å². The van der Waals surface area contributed by atoms with Crippen molar-refractivity contribution < 1.29 is 9.53 Å². The van der Waals surface area contributed by atoms with E-state index in [1.165, 1.54) is 12.8 Å². The molecule has 0 aromatic carbocycles. The van der Waals surface area contributed by atoms with E-state index in [9.17, 15) is 4.79 Å². The van der Waals surface area contributed by atoms with Gasteiger partial charge in [-0.2, -0.15) is 0 Å². The maximum atomic E-state index is 12.2. The Hall–Kier alpha value is -0.320. The Morgan fingerprint density at radius 1 is 1.47 bits per heavy atom. The summed E-state index contributed by atoms with van der Waals surface area (Å²) < 4.78 is 5.58. The summed E-state index contributed by atoms with van der Waals surface area (Å²) in [5.41, 5.74) is 0. The van der Waals surface area contributed by atoms with Gasteiger partial charge in [-0.1, -0.05) is 13.3 Å². The fraction of sp³-hybridized carbons (Fsp3) is 0.917. The molecule has 0 saturated carbocycles. The predicted molar refractivity (Wildman–Crippen MR) is 69.5 cm³/mol. The monoisotopic (exact) mass is 262 g/mol. The number of morpholine rings is 1. The van der Waals surface area contributed by atoms with E-state index in [0.29, 0.717) is 6.61 Å². The number of rotatable bonds is 2. The number of piperidine rings is 1. The molecule has 1 N–H and O–H groups in total. The smallest absolute Gasteiger partial charge is 0.239 e. The summed E-state index contributed by atoms with van der Waals surface area (Å²) in [7, 11) is 0. The molecule has 0 aromatic heterocycles. The SMILES string of the molecule is CCC1CN(C(=O)C2CCCCN2)CCO1.Cl. The van der Waals surface area contributed by atoms with Crippen molar-refractivity contribution in [2.24, 2.45) is 0 Å². The first-order valence-corrected chi connectivity index (χ1v) is 6.45. The van der Waals surface area contributed by atoms with Crippen LogP contribution in [-0.2, 0) is 9.53 Å². The molecular formula is C12H23ClN2O2. The molecule has 4 nitrogen and oxygen atoms in total. The van der Waals surface area contributed by atoms with Gasteiger partial charge in [0.1, 0.15) is 0 Å². The Bertz CT molecular complexity index is 245. The van der Waals surface area contributed by atoms with E-state index in [2.05, 4.69) is 12.2 Å². The van der Waals surface area contributed by atoms with Gasteiger partial charge in [-0.15, -0.1) is 12.4 Å². The zero-order chi connectivity index (χ0) is 11.4. The first-order chi connectivity index (χ1) is 7.81. The normalized spacial score (nSPS) is 29.6. The topological polar surface area (TPSA) is 41.6 Å². The minimum Gasteiger partial charge on any atom is -0.375 e. The maximum absolute atomic E-state index is 12.2. The largest absolute Gasteiger partial charge is 0.375 e. The number of nitrogens with zero attached hydrogens (tertiary/aromatic N) is 1. The van der Waals surface area contributed by atoms with Gasteiger partial charge in [-0.05, 0) is 25.8 Å². The van der Waals surface area contributed by atoms with E-state index in [1.54, 1.807) is 0 Å². The van der Waals surface area contributed by atoms with Gasteiger partial charge in [0, 0.05) is 13.1 Å². The summed E-state index contributed by atoms with van der Waals surface area (Å²) in [6, 6.07) is 0.0596. The quantitative estimate of drug-likeness (QED) is 0.813. The maximum Gasteiger partial charge on any atom is 0.239 e. The summed E-state index contributed by atoms with van der Waals surface area (Å²) in [6.45, 7) is 5.31. The van der Waals surface area contributed by atoms with Crippen molar-refractivity contribution >= 4 is 18.3 Å². The highest BCUT2D eigenvalue weighted by Crippen LogP contribution is 2.14. The molecule has 0 aromatic rings. The Labute approximate surface area is 109 Å². The summed E-state index contributed by atoms with van der Waals surface area (Å²) in [5.74, 6) is 0.279. The lowest BCUT2D eigenvalue weighted by Gasteiger charge is -2.35. The second kappa shape index (κ2) is 7.19. The van der Waals surface area contributed by atoms with Crippen LogP contribution in [0.5, 0.6) is 0 Å². The van der Waals surface area contributed by atoms with Gasteiger partial charge in [-0.25, -0.2) is 0 Å². The van der Waals surface area contributed by atoms with Crippen LogP contribution in [0.15, 0.2) is 0 Å². The highest BCUT2D eigenvalue weighted by molar-refractivity contribution is 5.85. The first-order valence-electron chi connectivity index (χ1n) is 6.45. The lowest BCUT2D eigenvalue weighted by molar-refractivity contribution is -0.141. The highest BCUT2D eigenvalue weighted by Gasteiger charge is 2.29. The summed E-state index contributed by atoms with van der Waals surface area (Å²) in [5, 5.41) is 3.32. The number of carbonyl (C=O) groups excluding carboxylic acids is 1. The Morgan fingerprint density at radius 2 is 2.29 bits per heavy atom. The van der Waals surface area contributed by atoms with Crippen molar-refractivity contribution in [1.82, 2.24) is 10.2 Å². The Morgan fingerprint density at radius 3 is 2.94 bits per heavy atom. The van der Waals surface area contributed by atoms with Crippen molar-refractivity contribution in [2.75, 3.05) is 26.2 Å². The minimum atomic E-state index is 0. The number of hydrogen-bond donors (Lipinski definition) is 1. The molecule has 2 unspecified atom stereocenters. The van der Waals surface area contributed by atoms with Crippen molar-refractivity contribution in [1.29, 1.82) is 0 Å². The number of amides is 1. The lowest BCUT2D eigenvalue weighted by Crippen LogP contribution is -2.53. The van der Waals surface area contributed by atoms with Crippen LogP contribution in [0.25, 0.3) is 0 Å². The number of nitrogens with one attached hydrogen (secondary N) is 1. The average molecular weight is 263 g/mol. The summed E-state index contributed by atoms with van der Waals surface area (Å²) in [4.78, 5) is 14.2. The molecule has 2 saturated heterocycles. The van der Waals surface area contributed by atoms with E-state index in [-0.39, 0.29) is 30.5 Å². The molecular weight excluding hydrogens is 240 g/mol. The second-order valence-electron chi connectivity index (χ2n) is 4.69. The molecule has 1 amide bonds. The van der Waals surface area contributed by atoms with E-state index in [0.717, 1.165) is 32.5 Å². The van der Waals surface area contributed by atoms with Gasteiger partial charge < -0.3 is 15.0 Å². The predicted octanol–water partition coefficient (Wildman–Crippen LogP) is 1.19. The molecule has 2 rings (SSSR count). The fourth-order valence-electron chi connectivity index (χ4n) is 2.45. The van der Waals surface area contributed by atoms with Crippen LogP contribution in [0, 0.1) is 0 Å². The zero-order valence-electron chi connectivity index (χ0n) is 10.5. The molecule has 2 aliphatic rings.